The van der Waals surface area contributed by atoms with Crippen LogP contribution >= 0.6 is 0 Å². The minimum atomic E-state index is -0.180. The van der Waals surface area contributed by atoms with Gasteiger partial charge in [0.1, 0.15) is 0 Å². The Morgan fingerprint density at radius 1 is 1.08 bits per heavy atom. The fourth-order valence-electron chi connectivity index (χ4n) is 1.87. The van der Waals surface area contributed by atoms with E-state index < -0.39 is 0 Å². The molecule has 3 heteroatoms. The Labute approximate surface area is 75.8 Å². The summed E-state index contributed by atoms with van der Waals surface area (Å²) in [6, 6.07) is 0. The van der Waals surface area contributed by atoms with E-state index in [1.165, 1.54) is 0 Å². The molecule has 0 amide bonds. The summed E-state index contributed by atoms with van der Waals surface area (Å²) in [4.78, 5) is 0. The van der Waals surface area contributed by atoms with Crippen LogP contribution in [0.4, 0.5) is 0 Å². The van der Waals surface area contributed by atoms with Gasteiger partial charge in [-0.3, -0.25) is 0 Å². The quantitative estimate of drug-likeness (QED) is 0.562. The third-order valence-corrected chi connectivity index (χ3v) is 3.17. The third kappa shape index (κ3) is 1.29. The van der Waals surface area contributed by atoms with E-state index in [1.807, 2.05) is 6.82 Å². The first-order valence-corrected chi connectivity index (χ1v) is 4.65. The lowest BCUT2D eigenvalue weighted by molar-refractivity contribution is -0.0435. The van der Waals surface area contributed by atoms with Crippen LogP contribution in [0.25, 0.3) is 0 Å². The molecule has 0 saturated carbocycles. The zero-order chi connectivity index (χ0) is 9.57. The van der Waals surface area contributed by atoms with Crippen LogP contribution in [-0.4, -0.2) is 18.3 Å². The van der Waals surface area contributed by atoms with Crippen LogP contribution in [0.3, 0.4) is 0 Å². The molecule has 1 atom stereocenters. The zero-order valence-electron chi connectivity index (χ0n) is 8.97. The standard InChI is InChI=1S/C9H19BO2/c1-7(2)9(5)8(3,4)11-10(6)12-9/h7H,1-6H3. The Balaban J connectivity index is 2.90. The monoisotopic (exact) mass is 170 g/mol. The number of hydrogen-bond donors (Lipinski definition) is 0. The lowest BCUT2D eigenvalue weighted by atomic mass is 9.79. The molecule has 70 valence electrons. The Bertz CT molecular complexity index is 179. The smallest absolute Gasteiger partial charge is 0.403 e. The van der Waals surface area contributed by atoms with E-state index in [0.717, 1.165) is 0 Å². The summed E-state index contributed by atoms with van der Waals surface area (Å²) in [5.74, 6) is 0.470. The van der Waals surface area contributed by atoms with Crippen molar-refractivity contribution in [2.24, 2.45) is 5.92 Å². The van der Waals surface area contributed by atoms with Gasteiger partial charge in [0.2, 0.25) is 0 Å². The summed E-state index contributed by atoms with van der Waals surface area (Å²) < 4.78 is 11.5. The Morgan fingerprint density at radius 3 is 1.75 bits per heavy atom. The molecule has 1 rings (SSSR count). The molecule has 1 fully saturated rings. The normalized spacial score (nSPS) is 34.8. The highest BCUT2D eigenvalue weighted by Gasteiger charge is 2.53. The molecule has 0 N–H and O–H groups in total. The van der Waals surface area contributed by atoms with Crippen molar-refractivity contribution in [3.05, 3.63) is 0 Å². The second-order valence-electron chi connectivity index (χ2n) is 4.58. The lowest BCUT2D eigenvalue weighted by Gasteiger charge is -2.39. The molecule has 0 bridgehead atoms. The lowest BCUT2D eigenvalue weighted by Crippen LogP contribution is -2.48. The summed E-state index contributed by atoms with van der Waals surface area (Å²) in [6.07, 6.45) is 0. The van der Waals surface area contributed by atoms with E-state index in [9.17, 15) is 0 Å². The van der Waals surface area contributed by atoms with Crippen LogP contribution in [0, 0.1) is 5.92 Å². The van der Waals surface area contributed by atoms with Gasteiger partial charge in [-0.25, -0.2) is 0 Å². The molecule has 1 saturated heterocycles. The SMILES string of the molecule is CB1OC(C)(C)C(C)(C(C)C)O1. The molecule has 1 aliphatic rings. The molecule has 0 radical (unpaired) electrons. The van der Waals surface area contributed by atoms with Crippen molar-refractivity contribution in [2.45, 2.75) is 52.6 Å². The first-order chi connectivity index (χ1) is 5.29. The largest absolute Gasteiger partial charge is 0.454 e. The minimum absolute atomic E-state index is 0.0765. The summed E-state index contributed by atoms with van der Waals surface area (Å²) in [5.41, 5.74) is -0.340. The second kappa shape index (κ2) is 2.74. The highest BCUT2D eigenvalue weighted by atomic mass is 16.7. The van der Waals surface area contributed by atoms with Gasteiger partial charge < -0.3 is 9.31 Å². The fraction of sp³-hybridized carbons (Fsp3) is 1.00. The summed E-state index contributed by atoms with van der Waals surface area (Å²) in [6.45, 7) is 12.6. The molecule has 0 aliphatic carbocycles. The molecule has 1 unspecified atom stereocenters. The van der Waals surface area contributed by atoms with Crippen molar-refractivity contribution < 1.29 is 9.31 Å². The van der Waals surface area contributed by atoms with Crippen molar-refractivity contribution >= 4 is 7.12 Å². The fourth-order valence-corrected chi connectivity index (χ4v) is 1.87. The maximum atomic E-state index is 5.80. The van der Waals surface area contributed by atoms with Crippen molar-refractivity contribution in [2.75, 3.05) is 0 Å². The van der Waals surface area contributed by atoms with Crippen molar-refractivity contribution in [1.29, 1.82) is 0 Å². The zero-order valence-corrected chi connectivity index (χ0v) is 8.97. The first kappa shape index (κ1) is 10.1. The number of rotatable bonds is 1. The molecule has 0 aromatic rings. The van der Waals surface area contributed by atoms with Crippen LogP contribution in [0.5, 0.6) is 0 Å². The van der Waals surface area contributed by atoms with Gasteiger partial charge >= 0.3 is 7.12 Å². The van der Waals surface area contributed by atoms with Gasteiger partial charge in [0, 0.05) is 0 Å². The van der Waals surface area contributed by atoms with E-state index in [-0.39, 0.29) is 18.3 Å². The second-order valence-corrected chi connectivity index (χ2v) is 4.58. The Morgan fingerprint density at radius 2 is 1.58 bits per heavy atom. The molecule has 12 heavy (non-hydrogen) atoms. The minimum Gasteiger partial charge on any atom is -0.403 e. The van der Waals surface area contributed by atoms with Crippen LogP contribution in [0.1, 0.15) is 34.6 Å². The van der Waals surface area contributed by atoms with E-state index in [1.54, 1.807) is 0 Å². The number of hydrogen-bond acceptors (Lipinski definition) is 2. The maximum absolute atomic E-state index is 5.80. The highest BCUT2D eigenvalue weighted by Crippen LogP contribution is 2.41. The summed E-state index contributed by atoms with van der Waals surface area (Å²) in [7, 11) is -0.0765. The van der Waals surface area contributed by atoms with Crippen molar-refractivity contribution in [3.8, 4) is 0 Å². The van der Waals surface area contributed by atoms with E-state index in [4.69, 9.17) is 9.31 Å². The maximum Gasteiger partial charge on any atom is 0.454 e. The van der Waals surface area contributed by atoms with Gasteiger partial charge in [0.25, 0.3) is 0 Å². The molecular formula is C9H19BO2. The average Bonchev–Trinajstić information content (AvgIpc) is 2.02. The summed E-state index contributed by atoms with van der Waals surface area (Å²) in [5, 5.41) is 0. The van der Waals surface area contributed by atoms with Gasteiger partial charge in [-0.1, -0.05) is 13.8 Å². The Hall–Kier alpha value is -0.0151. The van der Waals surface area contributed by atoms with Gasteiger partial charge in [0.15, 0.2) is 0 Å². The third-order valence-electron chi connectivity index (χ3n) is 3.17. The average molecular weight is 170 g/mol. The van der Waals surface area contributed by atoms with Crippen LogP contribution in [0.2, 0.25) is 6.82 Å². The van der Waals surface area contributed by atoms with Crippen molar-refractivity contribution in [1.82, 2.24) is 0 Å². The highest BCUT2D eigenvalue weighted by molar-refractivity contribution is 6.43. The van der Waals surface area contributed by atoms with Gasteiger partial charge in [0.05, 0.1) is 11.2 Å². The molecule has 0 aromatic heterocycles. The van der Waals surface area contributed by atoms with E-state index in [2.05, 4.69) is 34.6 Å². The van der Waals surface area contributed by atoms with Crippen LogP contribution < -0.4 is 0 Å². The van der Waals surface area contributed by atoms with E-state index in [0.29, 0.717) is 5.92 Å². The summed E-state index contributed by atoms with van der Waals surface area (Å²) >= 11 is 0. The molecule has 2 nitrogen and oxygen atoms in total. The van der Waals surface area contributed by atoms with Crippen LogP contribution in [0.15, 0.2) is 0 Å². The van der Waals surface area contributed by atoms with Crippen molar-refractivity contribution in [3.63, 3.8) is 0 Å². The van der Waals surface area contributed by atoms with Crippen LogP contribution in [-0.2, 0) is 9.31 Å². The van der Waals surface area contributed by atoms with Gasteiger partial charge in [-0.05, 0) is 33.5 Å². The molecule has 1 aliphatic heterocycles. The van der Waals surface area contributed by atoms with Gasteiger partial charge in [-0.2, -0.15) is 0 Å². The predicted octanol–water partition coefficient (Wildman–Crippen LogP) is 2.34. The topological polar surface area (TPSA) is 18.5 Å². The predicted molar refractivity (Wildman–Crippen MR) is 51.1 cm³/mol. The molecule has 1 heterocycles. The van der Waals surface area contributed by atoms with E-state index >= 15 is 0 Å². The molecule has 0 aromatic carbocycles. The Kier molecular flexibility index (Phi) is 2.30. The first-order valence-electron chi connectivity index (χ1n) is 4.65. The molecular weight excluding hydrogens is 151 g/mol. The molecule has 0 spiro atoms. The van der Waals surface area contributed by atoms with Gasteiger partial charge in [-0.15, -0.1) is 0 Å².